The Balaban J connectivity index is 2.35. The number of rotatable bonds is 1. The molecule has 1 rings (SSSR count). The van der Waals surface area contributed by atoms with Crippen molar-refractivity contribution in [1.82, 2.24) is 10.9 Å². The Morgan fingerprint density at radius 1 is 1.50 bits per heavy atom. The van der Waals surface area contributed by atoms with Crippen molar-refractivity contribution in [3.05, 3.63) is 0 Å². The normalized spacial score (nSPS) is 27.4. The van der Waals surface area contributed by atoms with Crippen LogP contribution in [0.1, 0.15) is 12.8 Å². The molecule has 1 aliphatic rings. The topological polar surface area (TPSA) is 67.2 Å². The molecule has 0 radical (unpaired) electrons. The predicted molar refractivity (Wildman–Crippen MR) is 37.9 cm³/mol. The van der Waals surface area contributed by atoms with E-state index >= 15 is 0 Å². The lowest BCUT2D eigenvalue weighted by Crippen LogP contribution is -2.36. The molecule has 0 aromatic heterocycles. The number of hydrazine groups is 1. The average Bonchev–Trinajstić information content (AvgIpc) is 2.12. The van der Waals surface area contributed by atoms with Crippen LogP contribution >= 0.6 is 0 Å². The molecule has 4 nitrogen and oxygen atoms in total. The van der Waals surface area contributed by atoms with Crippen molar-refractivity contribution in [3.63, 3.8) is 0 Å². The second-order valence-electron chi connectivity index (χ2n) is 2.55. The lowest BCUT2D eigenvalue weighted by molar-refractivity contribution is -0.121. The van der Waals surface area contributed by atoms with E-state index in [2.05, 4.69) is 10.9 Å². The van der Waals surface area contributed by atoms with Gasteiger partial charge in [0.15, 0.2) is 0 Å². The molecule has 4 N–H and O–H groups in total. The van der Waals surface area contributed by atoms with Gasteiger partial charge in [-0.3, -0.25) is 15.6 Å². The monoisotopic (exact) mass is 143 g/mol. The lowest BCUT2D eigenvalue weighted by Gasteiger charge is -2.07. The number of nitrogens with one attached hydrogen (secondary N) is 2. The van der Waals surface area contributed by atoms with Crippen molar-refractivity contribution in [3.8, 4) is 0 Å². The van der Waals surface area contributed by atoms with Crippen molar-refractivity contribution >= 4 is 5.91 Å². The molecule has 1 heterocycles. The maximum atomic E-state index is 10.7. The second-order valence-corrected chi connectivity index (χ2v) is 2.55. The van der Waals surface area contributed by atoms with E-state index in [-0.39, 0.29) is 11.8 Å². The first-order valence-electron chi connectivity index (χ1n) is 3.56. The molecule has 1 fully saturated rings. The highest BCUT2D eigenvalue weighted by Gasteiger charge is 2.15. The van der Waals surface area contributed by atoms with Crippen LogP contribution in [0.25, 0.3) is 0 Å². The quantitative estimate of drug-likeness (QED) is 0.440. The van der Waals surface area contributed by atoms with E-state index in [0.717, 1.165) is 19.4 Å². The molecule has 0 bridgehead atoms. The van der Waals surface area contributed by atoms with E-state index in [0.29, 0.717) is 6.54 Å². The Kier molecular flexibility index (Phi) is 2.65. The fourth-order valence-electron chi connectivity index (χ4n) is 1.07. The molecule has 1 unspecified atom stereocenters. The highest BCUT2D eigenvalue weighted by molar-refractivity contribution is 5.76. The highest BCUT2D eigenvalue weighted by Crippen LogP contribution is 2.05. The number of hydrogen-bond donors (Lipinski definition) is 3. The molecular weight excluding hydrogens is 130 g/mol. The summed E-state index contributed by atoms with van der Waals surface area (Å²) < 4.78 is 0. The number of hydrogen-bond acceptors (Lipinski definition) is 3. The molecule has 0 aliphatic carbocycles. The van der Waals surface area contributed by atoms with Gasteiger partial charge in [0.1, 0.15) is 0 Å². The molecule has 0 spiro atoms. The van der Waals surface area contributed by atoms with E-state index in [9.17, 15) is 4.79 Å². The summed E-state index contributed by atoms with van der Waals surface area (Å²) in [5, 5.41) is 0. The smallest absolute Gasteiger partial charge is 0.221 e. The number of carbonyl (C=O) groups is 1. The van der Waals surface area contributed by atoms with Gasteiger partial charge in [0, 0.05) is 13.1 Å². The summed E-state index contributed by atoms with van der Waals surface area (Å²) in [7, 11) is 0. The highest BCUT2D eigenvalue weighted by atomic mass is 16.1. The number of nitrogens with two attached hydrogens (primary N) is 1. The number of amides is 1. The Bertz CT molecular complexity index is 118. The summed E-state index contributed by atoms with van der Waals surface area (Å²) in [6, 6.07) is 0. The van der Waals surface area contributed by atoms with Gasteiger partial charge in [-0.15, -0.1) is 0 Å². The average molecular weight is 143 g/mol. The van der Waals surface area contributed by atoms with Crippen molar-refractivity contribution in [1.29, 1.82) is 0 Å². The van der Waals surface area contributed by atoms with Gasteiger partial charge in [-0.05, 0) is 12.8 Å². The maximum absolute atomic E-state index is 10.7. The molecule has 10 heavy (non-hydrogen) atoms. The van der Waals surface area contributed by atoms with Gasteiger partial charge < -0.3 is 5.73 Å². The summed E-state index contributed by atoms with van der Waals surface area (Å²) >= 11 is 0. The minimum atomic E-state index is -0.198. The summed E-state index contributed by atoms with van der Waals surface area (Å²) in [5.74, 6) is -0.189. The first kappa shape index (κ1) is 7.50. The largest absolute Gasteiger partial charge is 0.369 e. The molecule has 0 aromatic rings. The van der Waals surface area contributed by atoms with Crippen molar-refractivity contribution in [2.24, 2.45) is 11.7 Å². The molecular formula is C6H13N3O. The molecule has 1 atom stereocenters. The van der Waals surface area contributed by atoms with E-state index < -0.39 is 0 Å². The van der Waals surface area contributed by atoms with Crippen LogP contribution in [0.3, 0.4) is 0 Å². The van der Waals surface area contributed by atoms with Crippen LogP contribution in [0.5, 0.6) is 0 Å². The first-order valence-corrected chi connectivity index (χ1v) is 3.56. The third-order valence-corrected chi connectivity index (χ3v) is 1.73. The summed E-state index contributed by atoms with van der Waals surface area (Å²) in [5.41, 5.74) is 11.0. The van der Waals surface area contributed by atoms with Gasteiger partial charge in [-0.1, -0.05) is 0 Å². The number of carbonyl (C=O) groups excluding carboxylic acids is 1. The van der Waals surface area contributed by atoms with Crippen LogP contribution in [-0.2, 0) is 4.79 Å². The van der Waals surface area contributed by atoms with Gasteiger partial charge in [-0.25, -0.2) is 0 Å². The van der Waals surface area contributed by atoms with Crippen LogP contribution in [-0.4, -0.2) is 19.0 Å². The van der Waals surface area contributed by atoms with Crippen LogP contribution < -0.4 is 16.6 Å². The predicted octanol–water partition coefficient (Wildman–Crippen LogP) is -1.02. The van der Waals surface area contributed by atoms with E-state index in [1.165, 1.54) is 0 Å². The minimum absolute atomic E-state index is 0.00926. The molecule has 4 heteroatoms. The van der Waals surface area contributed by atoms with Gasteiger partial charge in [0.2, 0.25) is 5.91 Å². The maximum Gasteiger partial charge on any atom is 0.221 e. The summed E-state index contributed by atoms with van der Waals surface area (Å²) in [4.78, 5) is 10.7. The number of primary amides is 1. The Morgan fingerprint density at radius 3 is 3.00 bits per heavy atom. The third kappa shape index (κ3) is 1.97. The molecule has 1 aliphatic heterocycles. The fourth-order valence-corrected chi connectivity index (χ4v) is 1.07. The van der Waals surface area contributed by atoms with Crippen molar-refractivity contribution in [2.75, 3.05) is 13.1 Å². The van der Waals surface area contributed by atoms with Crippen LogP contribution in [0.15, 0.2) is 0 Å². The fraction of sp³-hybridized carbons (Fsp3) is 0.833. The van der Waals surface area contributed by atoms with Crippen LogP contribution in [0.4, 0.5) is 0 Å². The van der Waals surface area contributed by atoms with Crippen molar-refractivity contribution in [2.45, 2.75) is 12.8 Å². The first-order chi connectivity index (χ1) is 4.80. The van der Waals surface area contributed by atoms with E-state index in [4.69, 9.17) is 5.73 Å². The van der Waals surface area contributed by atoms with Gasteiger partial charge in [0.25, 0.3) is 0 Å². The zero-order valence-electron chi connectivity index (χ0n) is 5.89. The molecule has 1 amide bonds. The zero-order chi connectivity index (χ0) is 7.40. The van der Waals surface area contributed by atoms with E-state index in [1.807, 2.05) is 0 Å². The van der Waals surface area contributed by atoms with Crippen LogP contribution in [0.2, 0.25) is 0 Å². The van der Waals surface area contributed by atoms with Crippen LogP contribution in [0, 0.1) is 5.92 Å². The van der Waals surface area contributed by atoms with Crippen molar-refractivity contribution < 1.29 is 4.79 Å². The summed E-state index contributed by atoms with van der Waals surface area (Å²) in [6.45, 7) is 1.58. The Labute approximate surface area is 60.1 Å². The SMILES string of the molecule is NC(=O)C1CCCNNC1. The Morgan fingerprint density at radius 2 is 2.30 bits per heavy atom. The van der Waals surface area contributed by atoms with E-state index in [1.54, 1.807) is 0 Å². The third-order valence-electron chi connectivity index (χ3n) is 1.73. The minimum Gasteiger partial charge on any atom is -0.369 e. The van der Waals surface area contributed by atoms with Gasteiger partial charge >= 0.3 is 0 Å². The summed E-state index contributed by atoms with van der Waals surface area (Å²) in [6.07, 6.45) is 1.91. The molecule has 1 saturated heterocycles. The second kappa shape index (κ2) is 3.53. The molecule has 0 aromatic carbocycles. The molecule has 58 valence electrons. The van der Waals surface area contributed by atoms with Gasteiger partial charge in [-0.2, -0.15) is 0 Å². The Hall–Kier alpha value is -0.610. The standard InChI is InChI=1S/C6H13N3O/c7-6(10)5-2-1-3-8-9-4-5/h5,8-9H,1-4H2,(H2,7,10). The zero-order valence-corrected chi connectivity index (χ0v) is 5.89. The molecule has 0 saturated carbocycles. The lowest BCUT2D eigenvalue weighted by atomic mass is 10.0. The van der Waals surface area contributed by atoms with Gasteiger partial charge in [0.05, 0.1) is 5.92 Å².